The average Bonchev–Trinajstić information content (AvgIpc) is 3.64. The highest BCUT2D eigenvalue weighted by Crippen LogP contribution is 2.61. The number of terminal acetylenes is 1. The van der Waals surface area contributed by atoms with Crippen LogP contribution in [0.25, 0.3) is 0 Å². The molecule has 1 rings (SSSR count). The molecule has 5 unspecified atom stereocenters. The van der Waals surface area contributed by atoms with Gasteiger partial charge in [-0.25, -0.2) is 0 Å². The number of rotatable bonds is 27. The summed E-state index contributed by atoms with van der Waals surface area (Å²) in [6.07, 6.45) is 6.57. The van der Waals surface area contributed by atoms with Crippen LogP contribution in [0, 0.1) is 78.3 Å². The Morgan fingerprint density at radius 3 is 1.83 bits per heavy atom. The van der Waals surface area contributed by atoms with Gasteiger partial charge in [0.05, 0.1) is 46.4 Å². The minimum absolute atomic E-state index is 0.00182. The van der Waals surface area contributed by atoms with Crippen molar-refractivity contribution in [2.24, 2.45) is 49.1 Å². The number of nitrogens with one attached hydrogen (secondary N) is 4. The number of nitrogens with two attached hydrogens (primary N) is 1. The summed E-state index contributed by atoms with van der Waals surface area (Å²) in [6, 6.07) is 4.97. The highest BCUT2D eigenvalue weighted by Gasteiger charge is 2.60. The fraction of sp³-hybridized carbons (Fsp3) is 0.792. The summed E-state index contributed by atoms with van der Waals surface area (Å²) in [6.45, 7) is 26.1. The zero-order valence-corrected chi connectivity index (χ0v) is 42.8. The summed E-state index contributed by atoms with van der Waals surface area (Å²) in [5.41, 5.74) is -2.55. The van der Waals surface area contributed by atoms with Crippen LogP contribution >= 0.6 is 24.0 Å². The number of nitriles is 2. The molecule has 0 radical (unpaired) electrons. The summed E-state index contributed by atoms with van der Waals surface area (Å²) in [4.78, 5) is 69.8. The Bertz CT molecular complexity index is 1810. The molecule has 5 atom stereocenters. The van der Waals surface area contributed by atoms with Crippen LogP contribution in [0.15, 0.2) is 0 Å². The van der Waals surface area contributed by atoms with Crippen LogP contribution in [0.4, 0.5) is 0 Å². The van der Waals surface area contributed by atoms with Gasteiger partial charge in [-0.1, -0.05) is 99.1 Å². The number of aliphatic hydroxyl groups excluding tert-OH is 1. The van der Waals surface area contributed by atoms with E-state index in [1.807, 2.05) is 76.2 Å². The molecule has 1 aliphatic rings. The van der Waals surface area contributed by atoms with E-state index in [0.717, 1.165) is 0 Å². The summed E-state index contributed by atoms with van der Waals surface area (Å²) in [5, 5.41) is 43.4. The number of thioether (sulfide) groups is 1. The van der Waals surface area contributed by atoms with Gasteiger partial charge in [-0.2, -0.15) is 10.5 Å². The van der Waals surface area contributed by atoms with Gasteiger partial charge in [0.1, 0.15) is 4.32 Å². The van der Waals surface area contributed by atoms with Gasteiger partial charge in [-0.3, -0.25) is 28.9 Å². The maximum absolute atomic E-state index is 14.9. The second-order valence-electron chi connectivity index (χ2n) is 21.3. The first-order valence-electron chi connectivity index (χ1n) is 22.5. The standard InChI is InChI=1S/C48H80N8O6S2/c1-15-23-52-35(58)18-21-46(12,33-51)44(9,10)48(14,39(62)54-25-19-37(60)56-26-27-64-40(56)63)30-41(3,4)29-43(7,8)47(13,38(61)55-28-34(2)57)31-42(5,6)45(11,32-50)20-17-36(59)53-24-16-22-49/h1,34,57H,16-31,49H2,2-14H3,(H,52,58)(H,53,59)(H,54,62)(H,55,61). The van der Waals surface area contributed by atoms with Crippen LogP contribution in [0.2, 0.25) is 0 Å². The second kappa shape index (κ2) is 23.6. The molecule has 0 spiro atoms. The van der Waals surface area contributed by atoms with Gasteiger partial charge in [-0.15, -0.1) is 6.42 Å². The van der Waals surface area contributed by atoms with E-state index in [4.69, 9.17) is 24.4 Å². The molecule has 5 amide bonds. The quantitative estimate of drug-likeness (QED) is 0.0319. The van der Waals surface area contributed by atoms with Crippen molar-refractivity contribution in [1.82, 2.24) is 26.2 Å². The van der Waals surface area contributed by atoms with Gasteiger partial charge in [-0.05, 0) is 87.5 Å². The van der Waals surface area contributed by atoms with Crippen molar-refractivity contribution in [3.05, 3.63) is 0 Å². The molecule has 1 fully saturated rings. The predicted molar refractivity (Wildman–Crippen MR) is 259 cm³/mol. The maximum Gasteiger partial charge on any atom is 0.229 e. The second-order valence-corrected chi connectivity index (χ2v) is 23.1. The van der Waals surface area contributed by atoms with Crippen molar-refractivity contribution in [3.63, 3.8) is 0 Å². The molecule has 0 aromatic heterocycles. The summed E-state index contributed by atoms with van der Waals surface area (Å²) in [7, 11) is 0. The molecule has 360 valence electrons. The summed E-state index contributed by atoms with van der Waals surface area (Å²) >= 11 is 6.79. The van der Waals surface area contributed by atoms with E-state index in [1.54, 1.807) is 18.7 Å². The Balaban J connectivity index is 3.81. The number of carbonyl (C=O) groups excluding carboxylic acids is 5. The summed E-state index contributed by atoms with van der Waals surface area (Å²) < 4.78 is 0.511. The molecule has 14 nitrogen and oxygen atoms in total. The lowest BCUT2D eigenvalue weighted by molar-refractivity contribution is -0.152. The van der Waals surface area contributed by atoms with Crippen LogP contribution in [0.3, 0.4) is 0 Å². The van der Waals surface area contributed by atoms with Crippen LogP contribution in [-0.2, 0) is 24.0 Å². The predicted octanol–water partition coefficient (Wildman–Crippen LogP) is 5.97. The first kappa shape index (κ1) is 58.3. The molecule has 0 aliphatic carbocycles. The van der Waals surface area contributed by atoms with Gasteiger partial charge < -0.3 is 32.1 Å². The third-order valence-corrected chi connectivity index (χ3v) is 16.3. The summed E-state index contributed by atoms with van der Waals surface area (Å²) in [5.74, 6) is 1.76. The zero-order valence-electron chi connectivity index (χ0n) is 41.2. The van der Waals surface area contributed by atoms with Gasteiger partial charge in [0.25, 0.3) is 0 Å². The molecule has 64 heavy (non-hydrogen) atoms. The molecule has 0 saturated carbocycles. The van der Waals surface area contributed by atoms with Crippen molar-refractivity contribution in [1.29, 1.82) is 10.5 Å². The van der Waals surface area contributed by atoms with E-state index < -0.39 is 49.4 Å². The Morgan fingerprint density at radius 1 is 0.781 bits per heavy atom. The minimum Gasteiger partial charge on any atom is -0.392 e. The fourth-order valence-corrected chi connectivity index (χ4v) is 10.7. The van der Waals surface area contributed by atoms with Crippen molar-refractivity contribution in [2.75, 3.05) is 45.0 Å². The van der Waals surface area contributed by atoms with Crippen molar-refractivity contribution in [3.8, 4) is 24.5 Å². The largest absolute Gasteiger partial charge is 0.392 e. The molecule has 7 N–H and O–H groups in total. The van der Waals surface area contributed by atoms with Gasteiger partial charge in [0.15, 0.2) is 0 Å². The van der Waals surface area contributed by atoms with Crippen LogP contribution in [-0.4, -0.2) is 95.0 Å². The SMILES string of the molecule is C#CCNC(=O)CCC(C)(C#N)C(C)(C)C(C)(CC(C)(C)CC(C)(C)C(C)(CC(C)(C)C(C)(C#N)CCC(=O)NCCCN)C(=O)NCC(C)O)C(=O)NCCC(=O)N1CCSC1=S. The number of amides is 5. The van der Waals surface area contributed by atoms with E-state index in [-0.39, 0.29) is 94.1 Å². The average molecular weight is 929 g/mol. The monoisotopic (exact) mass is 929 g/mol. The highest BCUT2D eigenvalue weighted by atomic mass is 32.2. The van der Waals surface area contributed by atoms with Gasteiger partial charge in [0.2, 0.25) is 29.5 Å². The van der Waals surface area contributed by atoms with E-state index >= 15 is 0 Å². The first-order valence-corrected chi connectivity index (χ1v) is 23.9. The molecule has 1 saturated heterocycles. The molecule has 1 heterocycles. The van der Waals surface area contributed by atoms with Crippen molar-refractivity contribution in [2.45, 2.75) is 154 Å². The first-order chi connectivity index (χ1) is 29.3. The number of thiocarbonyl (C=S) groups is 1. The molecular formula is C48H80N8O6S2. The number of nitrogens with zero attached hydrogens (tertiary/aromatic N) is 3. The number of aliphatic hydroxyl groups is 1. The van der Waals surface area contributed by atoms with Crippen LogP contribution in [0.1, 0.15) is 148 Å². The molecule has 0 aromatic rings. The lowest BCUT2D eigenvalue weighted by Gasteiger charge is -2.55. The van der Waals surface area contributed by atoms with Crippen LogP contribution in [0.5, 0.6) is 0 Å². The Hall–Kier alpha value is -3.75. The molecular weight excluding hydrogens is 849 g/mol. The van der Waals surface area contributed by atoms with E-state index in [2.05, 4.69) is 39.3 Å². The number of hydrogen-bond donors (Lipinski definition) is 6. The Labute approximate surface area is 394 Å². The molecule has 0 bridgehead atoms. The lowest BCUT2D eigenvalue weighted by Crippen LogP contribution is -2.57. The van der Waals surface area contributed by atoms with Crippen molar-refractivity contribution < 1.29 is 29.1 Å². The number of carbonyl (C=O) groups is 5. The molecule has 0 aromatic carbocycles. The van der Waals surface area contributed by atoms with Crippen molar-refractivity contribution >= 4 is 57.8 Å². The molecule has 16 heteroatoms. The van der Waals surface area contributed by atoms with Gasteiger partial charge in [0, 0.05) is 51.2 Å². The fourth-order valence-electron chi connectivity index (χ4n) is 9.42. The third-order valence-electron chi connectivity index (χ3n) is 14.8. The zero-order chi connectivity index (χ0) is 49.6. The normalized spacial score (nSPS) is 17.8. The van der Waals surface area contributed by atoms with Gasteiger partial charge >= 0.3 is 0 Å². The Kier molecular flexibility index (Phi) is 21.5. The minimum atomic E-state index is -1.29. The molecule has 1 aliphatic heterocycles. The number of hydrogen-bond acceptors (Lipinski definition) is 11. The third kappa shape index (κ3) is 14.6. The Morgan fingerprint density at radius 2 is 1.33 bits per heavy atom. The van der Waals surface area contributed by atoms with Crippen LogP contribution < -0.4 is 27.0 Å². The highest BCUT2D eigenvalue weighted by molar-refractivity contribution is 8.23. The smallest absolute Gasteiger partial charge is 0.229 e. The van der Waals surface area contributed by atoms with E-state index in [9.17, 15) is 39.6 Å². The van der Waals surface area contributed by atoms with E-state index in [1.165, 1.54) is 11.8 Å². The maximum atomic E-state index is 14.9. The van der Waals surface area contributed by atoms with E-state index in [0.29, 0.717) is 42.5 Å². The topological polar surface area (TPSA) is 231 Å². The lowest BCUT2D eigenvalue weighted by atomic mass is 9.47.